The van der Waals surface area contributed by atoms with E-state index in [1.54, 1.807) is 31.3 Å². The van der Waals surface area contributed by atoms with Crippen LogP contribution in [0.2, 0.25) is 0 Å². The molecule has 0 aliphatic carbocycles. The standard InChI is InChI=1S/C21H36BNO4S.C20H34BNO4S/c1-18(2,3)15-12-16(22-26-20(7,8)21(9,10)27-22)14-17(13-15)28(24,25)23(11)19(4,5)6;1-17(2,3)14-11-15(21-25-19(7,8)20(9,10)26-21)13-16(12-14)27(23,24)22-18(4,5)6/h12-14H,1-11H3;11-13,22H,1-10H3. The van der Waals surface area contributed by atoms with E-state index in [1.807, 2.05) is 109 Å². The molecule has 14 heteroatoms. The van der Waals surface area contributed by atoms with Crippen LogP contribution in [0.15, 0.2) is 46.2 Å². The number of nitrogens with zero attached hydrogens (tertiary/aromatic N) is 1. The maximum Gasteiger partial charge on any atom is 0.494 e. The van der Waals surface area contributed by atoms with E-state index in [-0.39, 0.29) is 20.6 Å². The summed E-state index contributed by atoms with van der Waals surface area (Å²) in [5, 5.41) is 0. The second-order valence-electron chi connectivity index (χ2n) is 21.3. The zero-order valence-electron chi connectivity index (χ0n) is 37.6. The van der Waals surface area contributed by atoms with Crippen molar-refractivity contribution in [3.8, 4) is 0 Å². The van der Waals surface area contributed by atoms with Gasteiger partial charge in [-0.15, -0.1) is 0 Å². The molecule has 55 heavy (non-hydrogen) atoms. The van der Waals surface area contributed by atoms with Crippen molar-refractivity contribution in [3.63, 3.8) is 0 Å². The Balaban J connectivity index is 0.000000296. The van der Waals surface area contributed by atoms with Gasteiger partial charge in [0.2, 0.25) is 20.0 Å². The van der Waals surface area contributed by atoms with Crippen molar-refractivity contribution in [3.05, 3.63) is 47.5 Å². The van der Waals surface area contributed by atoms with Gasteiger partial charge in [-0.1, -0.05) is 53.7 Å². The molecule has 1 N–H and O–H groups in total. The second kappa shape index (κ2) is 14.8. The molecule has 2 aliphatic heterocycles. The van der Waals surface area contributed by atoms with Gasteiger partial charge < -0.3 is 18.6 Å². The van der Waals surface area contributed by atoms with Crippen LogP contribution in [0, 0.1) is 0 Å². The molecule has 0 spiro atoms. The van der Waals surface area contributed by atoms with Crippen molar-refractivity contribution >= 4 is 45.2 Å². The quantitative estimate of drug-likeness (QED) is 0.309. The number of sulfonamides is 2. The molecule has 4 rings (SSSR count). The predicted molar refractivity (Wildman–Crippen MR) is 226 cm³/mol. The first-order valence-corrected chi connectivity index (χ1v) is 22.1. The average molecular weight is 805 g/mol. The summed E-state index contributed by atoms with van der Waals surface area (Å²) in [5.74, 6) is 0. The van der Waals surface area contributed by atoms with E-state index in [1.165, 1.54) is 4.31 Å². The zero-order chi connectivity index (χ0) is 43.0. The number of rotatable bonds is 6. The molecule has 0 amide bonds. The predicted octanol–water partition coefficient (Wildman–Crippen LogP) is 7.06. The third-order valence-electron chi connectivity index (χ3n) is 11.0. The Kier molecular flexibility index (Phi) is 12.8. The molecule has 2 aliphatic rings. The Morgan fingerprint density at radius 3 is 1.13 bits per heavy atom. The van der Waals surface area contributed by atoms with Crippen LogP contribution in [0.1, 0.15) is 150 Å². The highest BCUT2D eigenvalue weighted by atomic mass is 32.2. The van der Waals surface area contributed by atoms with Gasteiger partial charge in [0.25, 0.3) is 0 Å². The highest BCUT2D eigenvalue weighted by Crippen LogP contribution is 2.39. The third-order valence-corrected chi connectivity index (χ3v) is 14.8. The highest BCUT2D eigenvalue weighted by molar-refractivity contribution is 7.89. The molecule has 2 heterocycles. The minimum Gasteiger partial charge on any atom is -0.399 e. The SMILES string of the molecule is CC(C)(C)NS(=O)(=O)c1cc(B2OC(C)(C)C(C)(C)O2)cc(C(C)(C)C)c1.CN(C(C)(C)C)S(=O)(=O)c1cc(B2OC(C)(C)C(C)(C)O2)cc(C(C)(C)C)c1. The lowest BCUT2D eigenvalue weighted by Crippen LogP contribution is -2.43. The lowest BCUT2D eigenvalue weighted by Gasteiger charge is -2.32. The fourth-order valence-corrected chi connectivity index (χ4v) is 8.72. The molecule has 0 bridgehead atoms. The summed E-state index contributed by atoms with van der Waals surface area (Å²) in [7, 11) is -6.94. The molecule has 0 saturated carbocycles. The van der Waals surface area contributed by atoms with E-state index in [0.717, 1.165) is 22.1 Å². The molecule has 2 aromatic rings. The molecule has 0 aromatic heterocycles. The summed E-state index contributed by atoms with van der Waals surface area (Å²) >= 11 is 0. The second-order valence-corrected chi connectivity index (χ2v) is 24.9. The number of benzene rings is 2. The molecular weight excluding hydrogens is 734 g/mol. The lowest BCUT2D eigenvalue weighted by atomic mass is 9.75. The first-order valence-electron chi connectivity index (χ1n) is 19.2. The van der Waals surface area contributed by atoms with E-state index < -0.39 is 67.8 Å². The van der Waals surface area contributed by atoms with Gasteiger partial charge in [0.1, 0.15) is 0 Å². The minimum absolute atomic E-state index is 0.217. The fraction of sp³-hybridized carbons (Fsp3) is 0.707. The number of hydrogen-bond donors (Lipinski definition) is 1. The normalized spacial score (nSPS) is 20.1. The molecule has 2 saturated heterocycles. The van der Waals surface area contributed by atoms with E-state index in [2.05, 4.69) is 46.3 Å². The van der Waals surface area contributed by atoms with Crippen molar-refractivity contribution in [2.45, 2.75) is 193 Å². The van der Waals surface area contributed by atoms with Gasteiger partial charge in [-0.05, 0) is 154 Å². The average Bonchev–Trinajstić information content (AvgIpc) is 3.33. The topological polar surface area (TPSA) is 120 Å². The molecule has 0 unspecified atom stereocenters. The van der Waals surface area contributed by atoms with Crippen LogP contribution in [0.25, 0.3) is 0 Å². The van der Waals surface area contributed by atoms with Crippen LogP contribution >= 0.6 is 0 Å². The molecule has 310 valence electrons. The van der Waals surface area contributed by atoms with Gasteiger partial charge in [-0.2, -0.15) is 4.31 Å². The minimum atomic E-state index is -3.67. The molecular formula is C41H70B2N2O8S2. The van der Waals surface area contributed by atoms with Gasteiger partial charge in [-0.25, -0.2) is 21.6 Å². The van der Waals surface area contributed by atoms with Crippen LogP contribution in [-0.2, 0) is 49.5 Å². The summed E-state index contributed by atoms with van der Waals surface area (Å²) in [4.78, 5) is 0.497. The van der Waals surface area contributed by atoms with E-state index >= 15 is 0 Å². The fourth-order valence-electron chi connectivity index (χ4n) is 5.63. The molecule has 10 nitrogen and oxygen atoms in total. The van der Waals surface area contributed by atoms with Crippen LogP contribution in [0.5, 0.6) is 0 Å². The largest absolute Gasteiger partial charge is 0.494 e. The van der Waals surface area contributed by atoms with Gasteiger partial charge in [0.05, 0.1) is 32.2 Å². The van der Waals surface area contributed by atoms with Crippen molar-refractivity contribution in [2.75, 3.05) is 7.05 Å². The van der Waals surface area contributed by atoms with Crippen LogP contribution < -0.4 is 15.6 Å². The van der Waals surface area contributed by atoms with E-state index in [0.29, 0.717) is 0 Å². The molecule has 0 atom stereocenters. The summed E-state index contributed by atoms with van der Waals surface area (Å²) in [6, 6.07) is 10.8. The monoisotopic (exact) mass is 804 g/mol. The lowest BCUT2D eigenvalue weighted by molar-refractivity contribution is 0.00578. The van der Waals surface area contributed by atoms with Crippen molar-refractivity contribution in [2.24, 2.45) is 0 Å². The van der Waals surface area contributed by atoms with Crippen molar-refractivity contribution < 1.29 is 35.5 Å². The maximum absolute atomic E-state index is 13.3. The Bertz CT molecular complexity index is 1920. The first kappa shape index (κ1) is 47.6. The summed E-state index contributed by atoms with van der Waals surface area (Å²) in [6.07, 6.45) is 0. The van der Waals surface area contributed by atoms with Gasteiger partial charge in [0, 0.05) is 18.1 Å². The van der Waals surface area contributed by atoms with Gasteiger partial charge >= 0.3 is 14.2 Å². The summed E-state index contributed by atoms with van der Waals surface area (Å²) in [6.45, 7) is 39.4. The summed E-state index contributed by atoms with van der Waals surface area (Å²) in [5.41, 5.74) is -0.187. The maximum atomic E-state index is 13.3. The van der Waals surface area contributed by atoms with E-state index in [4.69, 9.17) is 18.6 Å². The van der Waals surface area contributed by atoms with Crippen LogP contribution in [0.3, 0.4) is 0 Å². The Morgan fingerprint density at radius 2 is 0.836 bits per heavy atom. The van der Waals surface area contributed by atoms with Crippen LogP contribution in [0.4, 0.5) is 0 Å². The number of nitrogens with one attached hydrogen (secondary N) is 1. The van der Waals surface area contributed by atoms with Gasteiger partial charge in [0.15, 0.2) is 0 Å². The van der Waals surface area contributed by atoms with Gasteiger partial charge in [-0.3, -0.25) is 0 Å². The van der Waals surface area contributed by atoms with Crippen LogP contribution in [-0.4, -0.2) is 75.9 Å². The van der Waals surface area contributed by atoms with Crippen molar-refractivity contribution in [1.29, 1.82) is 0 Å². The number of hydrogen-bond acceptors (Lipinski definition) is 8. The molecule has 0 radical (unpaired) electrons. The smallest absolute Gasteiger partial charge is 0.399 e. The zero-order valence-corrected chi connectivity index (χ0v) is 39.3. The van der Waals surface area contributed by atoms with Crippen molar-refractivity contribution in [1.82, 2.24) is 9.03 Å². The molecule has 2 fully saturated rings. The highest BCUT2D eigenvalue weighted by Gasteiger charge is 2.53. The Labute approximate surface area is 335 Å². The Hall–Kier alpha value is -1.77. The third kappa shape index (κ3) is 10.8. The molecule has 2 aromatic carbocycles. The summed E-state index contributed by atoms with van der Waals surface area (Å²) < 4.78 is 81.4. The van der Waals surface area contributed by atoms with E-state index in [9.17, 15) is 16.8 Å². The Morgan fingerprint density at radius 1 is 0.527 bits per heavy atom. The first-order chi connectivity index (χ1) is 24.1.